The molecule has 1 aliphatic rings. The molecule has 1 atom stereocenters. The fourth-order valence-electron chi connectivity index (χ4n) is 3.16. The Morgan fingerprint density at radius 2 is 2.14 bits per heavy atom. The molecule has 0 radical (unpaired) electrons. The van der Waals surface area contributed by atoms with Crippen LogP contribution in [-0.4, -0.2) is 42.2 Å². The number of fused-ring (bicyclic) bond motifs is 1. The third-order valence-electron chi connectivity index (χ3n) is 4.63. The summed E-state index contributed by atoms with van der Waals surface area (Å²) in [6.45, 7) is 0.352. The van der Waals surface area contributed by atoms with Crippen molar-refractivity contribution >= 4 is 15.7 Å². The largest absolute Gasteiger partial charge is 0.493 e. The normalized spacial score (nSPS) is 14.2. The molecular weight excluding hydrogens is 391 g/mol. The van der Waals surface area contributed by atoms with Crippen molar-refractivity contribution in [2.24, 2.45) is 0 Å². The Bertz CT molecular complexity index is 1080. The van der Waals surface area contributed by atoms with Gasteiger partial charge in [-0.25, -0.2) is 18.3 Å². The number of sulfone groups is 1. The van der Waals surface area contributed by atoms with Crippen molar-refractivity contribution in [3.8, 4) is 16.9 Å². The van der Waals surface area contributed by atoms with Gasteiger partial charge in [-0.05, 0) is 29.7 Å². The molecule has 8 nitrogen and oxygen atoms in total. The van der Waals surface area contributed by atoms with E-state index in [0.29, 0.717) is 18.6 Å². The number of pyridine rings is 1. The third-order valence-corrected chi connectivity index (χ3v) is 6.11. The van der Waals surface area contributed by atoms with Crippen LogP contribution in [0.4, 0.5) is 4.39 Å². The molecule has 2 aromatic rings. The highest BCUT2D eigenvalue weighted by Gasteiger charge is 2.28. The van der Waals surface area contributed by atoms with E-state index in [2.05, 4.69) is 0 Å². The first-order chi connectivity index (χ1) is 13.2. The maximum Gasteiger partial charge on any atom is 0.261 e. The second-order valence-corrected chi connectivity index (χ2v) is 8.80. The Labute approximate surface area is 160 Å². The molecule has 1 amide bonds. The molecule has 0 bridgehead atoms. The maximum absolute atomic E-state index is 14.6. The Hall–Kier alpha value is -2.72. The van der Waals surface area contributed by atoms with Crippen molar-refractivity contribution in [2.75, 3.05) is 12.9 Å². The lowest BCUT2D eigenvalue weighted by Crippen LogP contribution is -2.39. The molecule has 2 heterocycles. The van der Waals surface area contributed by atoms with Crippen LogP contribution in [0, 0.1) is 5.82 Å². The number of aromatic nitrogens is 1. The molecule has 0 spiro atoms. The van der Waals surface area contributed by atoms with E-state index in [1.807, 2.05) is 0 Å². The Balaban J connectivity index is 1.86. The van der Waals surface area contributed by atoms with E-state index in [9.17, 15) is 22.4 Å². The fourth-order valence-corrected chi connectivity index (χ4v) is 4.14. The van der Waals surface area contributed by atoms with E-state index in [1.54, 1.807) is 18.2 Å². The van der Waals surface area contributed by atoms with Gasteiger partial charge in [0.1, 0.15) is 16.8 Å². The van der Waals surface area contributed by atoms with Gasteiger partial charge in [0.15, 0.2) is 9.84 Å². The predicted octanol–water partition coefficient (Wildman–Crippen LogP) is 0.898. The van der Waals surface area contributed by atoms with E-state index in [-0.39, 0.29) is 18.5 Å². The smallest absolute Gasteiger partial charge is 0.261 e. The number of hydrogen-bond donors (Lipinski definition) is 2. The predicted molar refractivity (Wildman–Crippen MR) is 98.5 cm³/mol. The van der Waals surface area contributed by atoms with Crippen molar-refractivity contribution in [2.45, 2.75) is 24.6 Å². The SMILES string of the molecule is CS(=O)(=O)[C@H](CCn1cc(F)c(-c2ccc3c(c2)CCO3)cc1=O)C(=O)NO. The first-order valence-electron chi connectivity index (χ1n) is 8.49. The minimum Gasteiger partial charge on any atom is -0.493 e. The molecule has 0 fully saturated rings. The molecule has 3 rings (SSSR count). The summed E-state index contributed by atoms with van der Waals surface area (Å²) in [5, 5.41) is 7.14. The fraction of sp³-hybridized carbons (Fsp3) is 0.333. The van der Waals surface area contributed by atoms with E-state index < -0.39 is 32.4 Å². The molecule has 1 aromatic carbocycles. The van der Waals surface area contributed by atoms with E-state index in [4.69, 9.17) is 9.94 Å². The van der Waals surface area contributed by atoms with E-state index in [1.165, 1.54) is 5.48 Å². The monoisotopic (exact) mass is 410 g/mol. The zero-order chi connectivity index (χ0) is 20.5. The van der Waals surface area contributed by atoms with Crippen molar-refractivity contribution in [1.82, 2.24) is 10.0 Å². The van der Waals surface area contributed by atoms with Crippen LogP contribution in [0.25, 0.3) is 11.1 Å². The number of rotatable bonds is 6. The van der Waals surface area contributed by atoms with Gasteiger partial charge in [0.2, 0.25) is 0 Å². The molecule has 0 saturated heterocycles. The molecule has 0 aliphatic carbocycles. The number of benzene rings is 1. The average Bonchev–Trinajstić information content (AvgIpc) is 3.10. The maximum atomic E-state index is 14.6. The summed E-state index contributed by atoms with van der Waals surface area (Å²) in [4.78, 5) is 23.9. The summed E-state index contributed by atoms with van der Waals surface area (Å²) >= 11 is 0. The first kappa shape index (κ1) is 20.0. The van der Waals surface area contributed by atoms with Gasteiger partial charge in [-0.2, -0.15) is 0 Å². The summed E-state index contributed by atoms with van der Waals surface area (Å²) < 4.78 is 44.4. The highest BCUT2D eigenvalue weighted by molar-refractivity contribution is 7.92. The molecule has 2 N–H and O–H groups in total. The Morgan fingerprint density at radius 1 is 1.39 bits per heavy atom. The van der Waals surface area contributed by atoms with Gasteiger partial charge < -0.3 is 9.30 Å². The summed E-state index contributed by atoms with van der Waals surface area (Å²) in [5.74, 6) is -1.01. The lowest BCUT2D eigenvalue weighted by atomic mass is 10.0. The number of carbonyl (C=O) groups is 1. The Kier molecular flexibility index (Phi) is 5.52. The molecule has 1 aromatic heterocycles. The number of aryl methyl sites for hydroxylation is 1. The molecule has 0 unspecified atom stereocenters. The van der Waals surface area contributed by atoms with Gasteiger partial charge in [0.25, 0.3) is 11.5 Å². The minimum atomic E-state index is -3.82. The first-order valence-corrected chi connectivity index (χ1v) is 10.4. The van der Waals surface area contributed by atoms with Crippen LogP contribution in [0.2, 0.25) is 0 Å². The average molecular weight is 410 g/mol. The van der Waals surface area contributed by atoms with Gasteiger partial charge in [0, 0.05) is 37.0 Å². The standard InChI is InChI=1S/C18H19FN2O6S/c1-28(25,26)16(18(23)20-24)4-6-21-10-14(19)13(9-17(21)22)11-2-3-15-12(8-11)5-7-27-15/h2-3,8-10,16,24H,4-7H2,1H3,(H,20,23)/t16-/m1/s1. The molecule has 1 aliphatic heterocycles. The van der Waals surface area contributed by atoms with Crippen molar-refractivity contribution in [1.29, 1.82) is 0 Å². The van der Waals surface area contributed by atoms with Crippen LogP contribution in [0.1, 0.15) is 12.0 Å². The molecule has 10 heteroatoms. The number of ether oxygens (including phenoxy) is 1. The van der Waals surface area contributed by atoms with Crippen LogP contribution < -0.4 is 15.8 Å². The van der Waals surface area contributed by atoms with Gasteiger partial charge in [-0.1, -0.05) is 6.07 Å². The zero-order valence-electron chi connectivity index (χ0n) is 15.0. The molecule has 28 heavy (non-hydrogen) atoms. The van der Waals surface area contributed by atoms with Gasteiger partial charge in [0.05, 0.1) is 6.61 Å². The number of nitrogens with one attached hydrogen (secondary N) is 1. The van der Waals surface area contributed by atoms with Crippen molar-refractivity contribution < 1.29 is 27.5 Å². The topological polar surface area (TPSA) is 115 Å². The van der Waals surface area contributed by atoms with Crippen molar-refractivity contribution in [3.05, 3.63) is 52.2 Å². The molecular formula is C18H19FN2O6S. The zero-order valence-corrected chi connectivity index (χ0v) is 15.8. The minimum absolute atomic E-state index is 0.128. The highest BCUT2D eigenvalue weighted by Crippen LogP contribution is 2.31. The second-order valence-electron chi connectivity index (χ2n) is 6.57. The summed E-state index contributed by atoms with van der Waals surface area (Å²) in [5.41, 5.74) is 2.36. The van der Waals surface area contributed by atoms with Crippen LogP contribution in [0.15, 0.2) is 35.3 Å². The molecule has 0 saturated carbocycles. The van der Waals surface area contributed by atoms with Crippen LogP contribution in [-0.2, 0) is 27.6 Å². The number of hydrogen-bond acceptors (Lipinski definition) is 6. The number of hydroxylamine groups is 1. The van der Waals surface area contributed by atoms with Crippen molar-refractivity contribution in [3.63, 3.8) is 0 Å². The van der Waals surface area contributed by atoms with E-state index >= 15 is 0 Å². The lowest BCUT2D eigenvalue weighted by molar-refractivity contribution is -0.128. The van der Waals surface area contributed by atoms with Gasteiger partial charge >= 0.3 is 0 Å². The van der Waals surface area contributed by atoms with Crippen LogP contribution in [0.5, 0.6) is 5.75 Å². The quantitative estimate of drug-likeness (QED) is 0.540. The van der Waals surface area contributed by atoms with Crippen LogP contribution >= 0.6 is 0 Å². The summed E-state index contributed by atoms with van der Waals surface area (Å²) in [6.07, 6.45) is 2.25. The van der Waals surface area contributed by atoms with Gasteiger partial charge in [-0.3, -0.25) is 14.8 Å². The van der Waals surface area contributed by atoms with Crippen LogP contribution in [0.3, 0.4) is 0 Å². The summed E-state index contributed by atoms with van der Waals surface area (Å²) in [6, 6.07) is 6.30. The number of amides is 1. The van der Waals surface area contributed by atoms with E-state index in [0.717, 1.165) is 34.4 Å². The Morgan fingerprint density at radius 3 is 2.82 bits per heavy atom. The third kappa shape index (κ3) is 4.07. The number of nitrogens with zero attached hydrogens (tertiary/aromatic N) is 1. The summed E-state index contributed by atoms with van der Waals surface area (Å²) in [7, 11) is -3.82. The highest BCUT2D eigenvalue weighted by atomic mass is 32.2. The lowest BCUT2D eigenvalue weighted by Gasteiger charge is -2.14. The second kappa shape index (κ2) is 7.72. The number of halogens is 1. The molecule has 150 valence electrons. The van der Waals surface area contributed by atoms with Gasteiger partial charge in [-0.15, -0.1) is 0 Å². The number of carbonyl (C=O) groups excluding carboxylic acids is 1.